The molecule has 0 fully saturated rings. The zero-order chi connectivity index (χ0) is 13.1. The van der Waals surface area contributed by atoms with Crippen LogP contribution >= 0.6 is 43.5 Å². The summed E-state index contributed by atoms with van der Waals surface area (Å²) in [5.41, 5.74) is 2.24. The van der Waals surface area contributed by atoms with E-state index in [1.54, 1.807) is 0 Å². The van der Waals surface area contributed by atoms with Crippen molar-refractivity contribution in [3.8, 4) is 0 Å². The molecule has 0 aliphatic carbocycles. The first-order valence-electron chi connectivity index (χ1n) is 5.53. The van der Waals surface area contributed by atoms with Crippen LogP contribution in [0.25, 0.3) is 0 Å². The van der Waals surface area contributed by atoms with Crippen LogP contribution in [0, 0.1) is 0 Å². The Labute approximate surface area is 129 Å². The summed E-state index contributed by atoms with van der Waals surface area (Å²) >= 11 is 12.9. The van der Waals surface area contributed by atoms with Crippen molar-refractivity contribution in [1.29, 1.82) is 0 Å². The van der Waals surface area contributed by atoms with E-state index in [2.05, 4.69) is 56.2 Å². The fraction of sp³-hybridized carbons (Fsp3) is 0.143. The average Bonchev–Trinajstić information content (AvgIpc) is 2.34. The topological polar surface area (TPSA) is 12.0 Å². The monoisotopic (exact) mass is 387 g/mol. The van der Waals surface area contributed by atoms with Gasteiger partial charge in [-0.25, -0.2) is 0 Å². The van der Waals surface area contributed by atoms with E-state index in [1.165, 1.54) is 5.56 Å². The van der Waals surface area contributed by atoms with Crippen molar-refractivity contribution in [2.24, 2.45) is 0 Å². The SMILES string of the molecule is CC(Nc1ccc(Br)c(Cl)c1)c1cccc(Br)c1. The molecular weight excluding hydrogens is 377 g/mol. The molecule has 0 heterocycles. The standard InChI is InChI=1S/C14H12Br2ClN/c1-9(10-3-2-4-11(15)7-10)18-12-5-6-13(16)14(17)8-12/h2-9,18H,1H3. The van der Waals surface area contributed by atoms with E-state index < -0.39 is 0 Å². The number of benzene rings is 2. The molecule has 1 N–H and O–H groups in total. The molecule has 2 aromatic carbocycles. The Morgan fingerprint density at radius 3 is 2.56 bits per heavy atom. The fourth-order valence-electron chi connectivity index (χ4n) is 1.70. The third-order valence-corrected chi connectivity index (χ3v) is 4.38. The normalized spacial score (nSPS) is 12.2. The Bertz CT molecular complexity index is 557. The molecule has 0 saturated carbocycles. The Kier molecular flexibility index (Phi) is 4.71. The number of hydrogen-bond acceptors (Lipinski definition) is 1. The molecule has 1 atom stereocenters. The summed E-state index contributed by atoms with van der Waals surface area (Å²) in [6.07, 6.45) is 0. The van der Waals surface area contributed by atoms with E-state index >= 15 is 0 Å². The fourth-order valence-corrected chi connectivity index (χ4v) is 2.54. The summed E-state index contributed by atoms with van der Waals surface area (Å²) in [4.78, 5) is 0. The van der Waals surface area contributed by atoms with Crippen LogP contribution in [0.3, 0.4) is 0 Å². The summed E-state index contributed by atoms with van der Waals surface area (Å²) in [5.74, 6) is 0. The van der Waals surface area contributed by atoms with Crippen LogP contribution in [-0.2, 0) is 0 Å². The van der Waals surface area contributed by atoms with Gasteiger partial charge >= 0.3 is 0 Å². The van der Waals surface area contributed by atoms with Crippen LogP contribution in [0.2, 0.25) is 5.02 Å². The average molecular weight is 390 g/mol. The number of rotatable bonds is 3. The summed E-state index contributed by atoms with van der Waals surface area (Å²) in [6, 6.07) is 14.3. The molecule has 94 valence electrons. The first-order valence-corrected chi connectivity index (χ1v) is 7.50. The maximum atomic E-state index is 6.07. The molecule has 2 rings (SSSR count). The minimum Gasteiger partial charge on any atom is -0.378 e. The van der Waals surface area contributed by atoms with Crippen LogP contribution in [0.4, 0.5) is 5.69 Å². The predicted octanol–water partition coefficient (Wildman–Crippen LogP) is 6.04. The largest absolute Gasteiger partial charge is 0.378 e. The van der Waals surface area contributed by atoms with Gasteiger partial charge in [0.2, 0.25) is 0 Å². The molecule has 18 heavy (non-hydrogen) atoms. The highest BCUT2D eigenvalue weighted by Gasteiger charge is 2.06. The van der Waals surface area contributed by atoms with Crippen molar-refractivity contribution in [3.05, 3.63) is 62.0 Å². The first kappa shape index (κ1) is 13.9. The highest BCUT2D eigenvalue weighted by Crippen LogP contribution is 2.28. The minimum atomic E-state index is 0.222. The Balaban J connectivity index is 2.16. The summed E-state index contributed by atoms with van der Waals surface area (Å²) in [7, 11) is 0. The smallest absolute Gasteiger partial charge is 0.0568 e. The van der Waals surface area contributed by atoms with Crippen LogP contribution in [0.5, 0.6) is 0 Å². The number of anilines is 1. The van der Waals surface area contributed by atoms with Gasteiger partial charge in [0.15, 0.2) is 0 Å². The molecule has 0 spiro atoms. The van der Waals surface area contributed by atoms with Crippen LogP contribution in [0.15, 0.2) is 51.4 Å². The molecule has 0 saturated heterocycles. The Morgan fingerprint density at radius 2 is 1.89 bits per heavy atom. The lowest BCUT2D eigenvalue weighted by Crippen LogP contribution is -2.06. The van der Waals surface area contributed by atoms with Gasteiger partial charge in [0.1, 0.15) is 0 Å². The first-order chi connectivity index (χ1) is 8.56. The Morgan fingerprint density at radius 1 is 1.11 bits per heavy atom. The molecule has 4 heteroatoms. The van der Waals surface area contributed by atoms with Crippen molar-refractivity contribution in [2.75, 3.05) is 5.32 Å². The van der Waals surface area contributed by atoms with Gasteiger partial charge < -0.3 is 5.32 Å². The molecule has 0 aliphatic rings. The van der Waals surface area contributed by atoms with Gasteiger partial charge in [-0.1, -0.05) is 39.7 Å². The molecular formula is C14H12Br2ClN. The lowest BCUT2D eigenvalue weighted by molar-refractivity contribution is 0.884. The van der Waals surface area contributed by atoms with Gasteiger partial charge in [-0.2, -0.15) is 0 Å². The van der Waals surface area contributed by atoms with E-state index in [0.29, 0.717) is 5.02 Å². The highest BCUT2D eigenvalue weighted by molar-refractivity contribution is 9.10. The lowest BCUT2D eigenvalue weighted by atomic mass is 10.1. The molecule has 0 bridgehead atoms. The summed E-state index contributed by atoms with van der Waals surface area (Å²) in [5, 5.41) is 4.14. The van der Waals surface area contributed by atoms with Gasteiger partial charge in [-0.3, -0.25) is 0 Å². The Hall–Kier alpha value is -0.510. The molecule has 0 aliphatic heterocycles. The zero-order valence-electron chi connectivity index (χ0n) is 9.75. The van der Waals surface area contributed by atoms with E-state index in [4.69, 9.17) is 11.6 Å². The van der Waals surface area contributed by atoms with Crippen molar-refractivity contribution in [3.63, 3.8) is 0 Å². The van der Waals surface area contributed by atoms with E-state index in [1.807, 2.05) is 30.3 Å². The van der Waals surface area contributed by atoms with Crippen molar-refractivity contribution < 1.29 is 0 Å². The second kappa shape index (κ2) is 6.09. The highest BCUT2D eigenvalue weighted by atomic mass is 79.9. The van der Waals surface area contributed by atoms with Crippen molar-refractivity contribution >= 4 is 49.1 Å². The zero-order valence-corrected chi connectivity index (χ0v) is 13.7. The molecule has 2 aromatic rings. The minimum absolute atomic E-state index is 0.222. The summed E-state index contributed by atoms with van der Waals surface area (Å²) in [6.45, 7) is 2.12. The number of halogens is 3. The number of nitrogens with one attached hydrogen (secondary N) is 1. The molecule has 0 radical (unpaired) electrons. The van der Waals surface area contributed by atoms with Gasteiger partial charge in [-0.15, -0.1) is 0 Å². The summed E-state index contributed by atoms with van der Waals surface area (Å²) < 4.78 is 1.99. The lowest BCUT2D eigenvalue weighted by Gasteiger charge is -2.16. The third kappa shape index (κ3) is 3.50. The second-order valence-corrected chi connectivity index (χ2v) is 6.23. The molecule has 0 amide bonds. The van der Waals surface area contributed by atoms with E-state index in [-0.39, 0.29) is 6.04 Å². The predicted molar refractivity (Wildman–Crippen MR) is 85.3 cm³/mol. The quantitative estimate of drug-likeness (QED) is 0.675. The molecule has 1 nitrogen and oxygen atoms in total. The van der Waals surface area contributed by atoms with Crippen LogP contribution in [0.1, 0.15) is 18.5 Å². The number of hydrogen-bond donors (Lipinski definition) is 1. The second-order valence-electron chi connectivity index (χ2n) is 4.05. The van der Waals surface area contributed by atoms with Crippen LogP contribution in [-0.4, -0.2) is 0 Å². The third-order valence-electron chi connectivity index (χ3n) is 2.65. The van der Waals surface area contributed by atoms with Crippen molar-refractivity contribution in [1.82, 2.24) is 0 Å². The van der Waals surface area contributed by atoms with E-state index in [9.17, 15) is 0 Å². The maximum Gasteiger partial charge on any atom is 0.0568 e. The van der Waals surface area contributed by atoms with Gasteiger partial charge in [-0.05, 0) is 58.7 Å². The van der Waals surface area contributed by atoms with E-state index in [0.717, 1.165) is 14.6 Å². The van der Waals surface area contributed by atoms with Gasteiger partial charge in [0.05, 0.1) is 5.02 Å². The molecule has 0 aromatic heterocycles. The molecule has 1 unspecified atom stereocenters. The van der Waals surface area contributed by atoms with Crippen LogP contribution < -0.4 is 5.32 Å². The van der Waals surface area contributed by atoms with Gasteiger partial charge in [0, 0.05) is 20.7 Å². The maximum absolute atomic E-state index is 6.07. The van der Waals surface area contributed by atoms with Gasteiger partial charge in [0.25, 0.3) is 0 Å². The van der Waals surface area contributed by atoms with Crippen molar-refractivity contribution in [2.45, 2.75) is 13.0 Å².